The summed E-state index contributed by atoms with van der Waals surface area (Å²) in [6.07, 6.45) is 6.97. The number of carbonyl (C=O) groups excluding carboxylic acids is 3. The van der Waals surface area contributed by atoms with Gasteiger partial charge in [-0.2, -0.15) is 5.10 Å². The van der Waals surface area contributed by atoms with E-state index in [-0.39, 0.29) is 46.3 Å². The zero-order chi connectivity index (χ0) is 31.6. The lowest BCUT2D eigenvalue weighted by atomic mass is 9.78. The molecule has 1 aromatic carbocycles. The van der Waals surface area contributed by atoms with Crippen molar-refractivity contribution in [2.45, 2.75) is 106 Å². The van der Waals surface area contributed by atoms with Gasteiger partial charge in [0.2, 0.25) is 11.7 Å². The number of nitrogens with zero attached hydrogens (tertiary/aromatic N) is 3. The van der Waals surface area contributed by atoms with Crippen molar-refractivity contribution in [3.8, 4) is 0 Å². The average molecular weight is 591 g/mol. The molecule has 0 radical (unpaired) electrons. The van der Waals surface area contributed by atoms with E-state index in [1.165, 1.54) is 30.7 Å². The SMILES string of the molecule is CCN(CC)c1ccc(C2=C(O)/C(=C3\C(=O)N(C(C)C(C)C)N=C3CCC3CCCC3)C2=O)c(NC(=O)C(C)(C)CC)c1. The summed E-state index contributed by atoms with van der Waals surface area (Å²) >= 11 is 0. The summed E-state index contributed by atoms with van der Waals surface area (Å²) < 4.78 is 0. The lowest BCUT2D eigenvalue weighted by Gasteiger charge is -2.29. The Morgan fingerprint density at radius 1 is 1.07 bits per heavy atom. The van der Waals surface area contributed by atoms with E-state index in [2.05, 4.69) is 24.1 Å². The van der Waals surface area contributed by atoms with Crippen LogP contribution < -0.4 is 10.2 Å². The van der Waals surface area contributed by atoms with E-state index < -0.39 is 11.2 Å². The molecule has 8 nitrogen and oxygen atoms in total. The van der Waals surface area contributed by atoms with Crippen molar-refractivity contribution in [1.29, 1.82) is 0 Å². The number of hydrazone groups is 1. The maximum Gasteiger partial charge on any atom is 0.277 e. The van der Waals surface area contributed by atoms with Gasteiger partial charge >= 0.3 is 0 Å². The van der Waals surface area contributed by atoms with E-state index in [9.17, 15) is 19.5 Å². The summed E-state index contributed by atoms with van der Waals surface area (Å²) in [6, 6.07) is 5.41. The van der Waals surface area contributed by atoms with E-state index in [1.54, 1.807) is 6.07 Å². The number of benzene rings is 1. The molecule has 2 N–H and O–H groups in total. The first kappa shape index (κ1) is 32.5. The molecule has 1 fully saturated rings. The Kier molecular flexibility index (Phi) is 9.87. The molecule has 0 spiro atoms. The molecule has 0 bridgehead atoms. The van der Waals surface area contributed by atoms with Crippen LogP contribution in [0.25, 0.3) is 5.57 Å². The topological polar surface area (TPSA) is 102 Å². The van der Waals surface area contributed by atoms with E-state index in [1.807, 2.05) is 53.7 Å². The van der Waals surface area contributed by atoms with Crippen molar-refractivity contribution < 1.29 is 19.5 Å². The molecule has 1 aromatic rings. The molecule has 1 atom stereocenters. The van der Waals surface area contributed by atoms with Crippen LogP contribution >= 0.6 is 0 Å². The van der Waals surface area contributed by atoms with Gasteiger partial charge in [-0.1, -0.05) is 60.3 Å². The molecule has 8 heteroatoms. The summed E-state index contributed by atoms with van der Waals surface area (Å²) in [7, 11) is 0. The summed E-state index contributed by atoms with van der Waals surface area (Å²) in [4.78, 5) is 43.1. The Morgan fingerprint density at radius 2 is 1.72 bits per heavy atom. The maximum absolute atomic E-state index is 13.9. The predicted molar refractivity (Wildman–Crippen MR) is 174 cm³/mol. The van der Waals surface area contributed by atoms with E-state index in [0.717, 1.165) is 25.2 Å². The van der Waals surface area contributed by atoms with Crippen molar-refractivity contribution in [1.82, 2.24) is 5.01 Å². The molecule has 3 aliphatic rings. The Balaban J connectivity index is 1.78. The van der Waals surface area contributed by atoms with E-state index in [0.29, 0.717) is 35.7 Å². The van der Waals surface area contributed by atoms with Crippen LogP contribution in [-0.2, 0) is 14.4 Å². The molecular weight excluding hydrogens is 540 g/mol. The Bertz CT molecular complexity index is 1360. The molecule has 2 amide bonds. The number of nitrogens with one attached hydrogen (secondary N) is 1. The van der Waals surface area contributed by atoms with Crippen molar-refractivity contribution in [3.63, 3.8) is 0 Å². The quantitative estimate of drug-likeness (QED) is 0.249. The fourth-order valence-corrected chi connectivity index (χ4v) is 6.06. The number of aliphatic hydroxyl groups is 1. The van der Waals surface area contributed by atoms with Gasteiger partial charge in [-0.05, 0) is 70.1 Å². The third-order valence-corrected chi connectivity index (χ3v) is 9.88. The van der Waals surface area contributed by atoms with Gasteiger partial charge < -0.3 is 15.3 Å². The number of amides is 2. The van der Waals surface area contributed by atoms with Crippen LogP contribution in [0.15, 0.2) is 40.2 Å². The molecule has 1 aliphatic heterocycles. The molecule has 43 heavy (non-hydrogen) atoms. The lowest BCUT2D eigenvalue weighted by molar-refractivity contribution is -0.128. The van der Waals surface area contributed by atoms with Crippen molar-refractivity contribution in [2.75, 3.05) is 23.3 Å². The number of anilines is 2. The van der Waals surface area contributed by atoms with Crippen LogP contribution in [0.4, 0.5) is 11.4 Å². The van der Waals surface area contributed by atoms with Crippen LogP contribution in [0.3, 0.4) is 0 Å². The van der Waals surface area contributed by atoms with Gasteiger partial charge in [-0.15, -0.1) is 0 Å². The van der Waals surface area contributed by atoms with Crippen LogP contribution in [0.5, 0.6) is 0 Å². The van der Waals surface area contributed by atoms with Crippen molar-refractivity contribution in [3.05, 3.63) is 40.7 Å². The minimum absolute atomic E-state index is 0.0441. The third kappa shape index (κ3) is 6.29. The second-order valence-corrected chi connectivity index (χ2v) is 13.3. The van der Waals surface area contributed by atoms with Crippen molar-refractivity contribution >= 4 is 40.3 Å². The molecule has 2 aliphatic carbocycles. The van der Waals surface area contributed by atoms with Crippen molar-refractivity contribution in [2.24, 2.45) is 22.4 Å². The molecular formula is C35H50N4O4. The second kappa shape index (κ2) is 13.1. The predicted octanol–water partition coefficient (Wildman–Crippen LogP) is 7.27. The molecule has 1 saturated carbocycles. The lowest BCUT2D eigenvalue weighted by Crippen LogP contribution is -2.36. The second-order valence-electron chi connectivity index (χ2n) is 13.3. The number of hydrogen-bond acceptors (Lipinski definition) is 6. The summed E-state index contributed by atoms with van der Waals surface area (Å²) in [5.74, 6) is -0.320. The molecule has 1 heterocycles. The molecule has 0 saturated heterocycles. The number of Topliss-reactive ketones (excluding diaryl/α,β-unsaturated/α-hetero) is 1. The first-order chi connectivity index (χ1) is 20.4. The Hall–Kier alpha value is -3.42. The summed E-state index contributed by atoms with van der Waals surface area (Å²) in [6.45, 7) is 17.4. The summed E-state index contributed by atoms with van der Waals surface area (Å²) in [5.41, 5.74) is 2.20. The first-order valence-electron chi connectivity index (χ1n) is 16.2. The highest BCUT2D eigenvalue weighted by Crippen LogP contribution is 2.44. The van der Waals surface area contributed by atoms with Gasteiger partial charge in [0.15, 0.2) is 0 Å². The van der Waals surface area contributed by atoms with E-state index >= 15 is 0 Å². The maximum atomic E-state index is 13.9. The number of aliphatic hydroxyl groups excluding tert-OH is 1. The van der Waals surface area contributed by atoms with Gasteiger partial charge in [0.05, 0.1) is 34.2 Å². The molecule has 1 unspecified atom stereocenters. The zero-order valence-corrected chi connectivity index (χ0v) is 27.3. The monoisotopic (exact) mass is 590 g/mol. The highest BCUT2D eigenvalue weighted by Gasteiger charge is 2.45. The Labute approximate surface area is 257 Å². The molecule has 4 rings (SSSR count). The third-order valence-electron chi connectivity index (χ3n) is 9.88. The van der Waals surface area contributed by atoms with Gasteiger partial charge in [0.25, 0.3) is 5.91 Å². The van der Waals surface area contributed by atoms with Crippen LogP contribution in [0.2, 0.25) is 0 Å². The largest absolute Gasteiger partial charge is 0.506 e. The summed E-state index contributed by atoms with van der Waals surface area (Å²) in [5, 5.41) is 20.8. The fourth-order valence-electron chi connectivity index (χ4n) is 6.06. The fraction of sp³-hybridized carbons (Fsp3) is 0.600. The van der Waals surface area contributed by atoms with Crippen LogP contribution in [0.1, 0.15) is 106 Å². The number of hydrogen-bond donors (Lipinski definition) is 2. The molecule has 234 valence electrons. The van der Waals surface area contributed by atoms with Gasteiger partial charge in [0.1, 0.15) is 5.76 Å². The standard InChI is InChI=1S/C35H50N4O4/c1-9-35(7,8)34(43)36-27-20-24(38(10-2)11-3)17-18-25(27)28-31(40)30(32(28)41)29-26(19-16-23-14-12-13-15-23)37-39(33(29)42)22(6)21(4)5/h17-18,20-23,40H,9-16,19H2,1-8H3,(H,36,43)/b30-29+. The van der Waals surface area contributed by atoms with E-state index in [4.69, 9.17) is 5.10 Å². The normalized spacial score (nSPS) is 20.2. The minimum atomic E-state index is -0.618. The van der Waals surface area contributed by atoms with Crippen LogP contribution in [-0.4, -0.2) is 52.6 Å². The highest BCUT2D eigenvalue weighted by molar-refractivity contribution is 6.44. The number of allylic oxidation sites excluding steroid dienone is 2. The van der Waals surface area contributed by atoms with Gasteiger partial charge in [-0.3, -0.25) is 14.4 Å². The van der Waals surface area contributed by atoms with Gasteiger partial charge in [-0.25, -0.2) is 5.01 Å². The highest BCUT2D eigenvalue weighted by atomic mass is 16.3. The minimum Gasteiger partial charge on any atom is -0.506 e. The first-order valence-corrected chi connectivity index (χ1v) is 16.2. The van der Waals surface area contributed by atoms with Gasteiger partial charge in [0, 0.05) is 29.8 Å². The smallest absolute Gasteiger partial charge is 0.277 e. The zero-order valence-electron chi connectivity index (χ0n) is 27.3. The number of ketones is 1. The number of carbonyl (C=O) groups is 3. The molecule has 0 aromatic heterocycles. The number of rotatable bonds is 12. The Morgan fingerprint density at radius 3 is 2.28 bits per heavy atom. The van der Waals surface area contributed by atoms with Crippen LogP contribution in [0, 0.1) is 17.3 Å². The average Bonchev–Trinajstić information content (AvgIpc) is 3.61.